The van der Waals surface area contributed by atoms with Gasteiger partial charge in [-0.3, -0.25) is 0 Å². The first kappa shape index (κ1) is 8.21. The smallest absolute Gasteiger partial charge is 0.134 e. The van der Waals surface area contributed by atoms with Crippen molar-refractivity contribution in [3.8, 4) is 5.75 Å². The minimum absolute atomic E-state index is 0.0178. The van der Waals surface area contributed by atoms with Gasteiger partial charge in [-0.2, -0.15) is 0 Å². The zero-order valence-corrected chi connectivity index (χ0v) is 7.79. The maximum absolute atomic E-state index is 5.80. The molecule has 1 aromatic carbocycles. The van der Waals surface area contributed by atoms with Gasteiger partial charge in [-0.15, -0.1) is 23.2 Å². The number of halogens is 2. The van der Waals surface area contributed by atoms with Gasteiger partial charge in [0.25, 0.3) is 0 Å². The molecule has 1 nitrogen and oxygen atoms in total. The van der Waals surface area contributed by atoms with Crippen LogP contribution in [0.2, 0.25) is 0 Å². The Kier molecular flexibility index (Phi) is 2.16. The first-order valence-electron chi connectivity index (χ1n) is 3.79. The fourth-order valence-corrected chi connectivity index (χ4v) is 1.61. The van der Waals surface area contributed by atoms with Crippen molar-refractivity contribution in [1.29, 1.82) is 0 Å². The highest BCUT2D eigenvalue weighted by molar-refractivity contribution is 6.35. The fraction of sp³-hybridized carbons (Fsp3) is 0.333. The highest BCUT2D eigenvalue weighted by atomic mass is 35.5. The van der Waals surface area contributed by atoms with Crippen molar-refractivity contribution in [2.24, 2.45) is 0 Å². The predicted molar refractivity (Wildman–Crippen MR) is 50.1 cm³/mol. The van der Waals surface area contributed by atoms with E-state index in [1.165, 1.54) is 0 Å². The molecule has 2 unspecified atom stereocenters. The molecule has 0 heterocycles. The molecule has 0 saturated heterocycles. The van der Waals surface area contributed by atoms with Crippen LogP contribution in [0.25, 0.3) is 0 Å². The van der Waals surface area contributed by atoms with Crippen molar-refractivity contribution in [2.45, 2.75) is 16.9 Å². The molecule has 1 aliphatic rings. The highest BCUT2D eigenvalue weighted by Crippen LogP contribution is 2.38. The van der Waals surface area contributed by atoms with Crippen LogP contribution in [-0.2, 0) is 0 Å². The van der Waals surface area contributed by atoms with Crippen molar-refractivity contribution < 1.29 is 4.74 Å². The van der Waals surface area contributed by atoms with Gasteiger partial charge in [0.2, 0.25) is 0 Å². The zero-order chi connectivity index (χ0) is 8.55. The van der Waals surface area contributed by atoms with Crippen molar-refractivity contribution in [1.82, 2.24) is 0 Å². The van der Waals surface area contributed by atoms with Crippen LogP contribution in [-0.4, -0.2) is 16.9 Å². The van der Waals surface area contributed by atoms with Gasteiger partial charge in [0.15, 0.2) is 0 Å². The van der Waals surface area contributed by atoms with Crippen molar-refractivity contribution in [3.05, 3.63) is 30.3 Å². The molecule has 0 aliphatic heterocycles. The lowest BCUT2D eigenvalue weighted by Gasteiger charge is -2.02. The van der Waals surface area contributed by atoms with Crippen LogP contribution in [0.3, 0.4) is 0 Å². The number of ether oxygens (including phenoxy) is 1. The number of para-hydroxylation sites is 1. The lowest BCUT2D eigenvalue weighted by molar-refractivity contribution is 0.305. The molecule has 1 saturated carbocycles. The maximum Gasteiger partial charge on any atom is 0.134 e. The van der Waals surface area contributed by atoms with E-state index in [-0.39, 0.29) is 16.9 Å². The molecular formula is C9H8Cl2O. The third kappa shape index (κ3) is 1.52. The van der Waals surface area contributed by atoms with E-state index in [4.69, 9.17) is 27.9 Å². The van der Waals surface area contributed by atoms with Crippen molar-refractivity contribution in [2.75, 3.05) is 0 Å². The Morgan fingerprint density at radius 2 is 1.58 bits per heavy atom. The largest absolute Gasteiger partial charge is 0.487 e. The zero-order valence-electron chi connectivity index (χ0n) is 6.28. The Morgan fingerprint density at radius 3 is 2.08 bits per heavy atom. The summed E-state index contributed by atoms with van der Waals surface area (Å²) in [5.74, 6) is 0.830. The average molecular weight is 203 g/mol. The first-order chi connectivity index (χ1) is 5.79. The summed E-state index contributed by atoms with van der Waals surface area (Å²) >= 11 is 11.6. The molecular weight excluding hydrogens is 195 g/mol. The Hall–Kier alpha value is -0.400. The van der Waals surface area contributed by atoms with Crippen LogP contribution in [0.4, 0.5) is 0 Å². The molecule has 0 amide bonds. The van der Waals surface area contributed by atoms with Gasteiger partial charge < -0.3 is 4.74 Å². The van der Waals surface area contributed by atoms with Gasteiger partial charge >= 0.3 is 0 Å². The third-order valence-electron chi connectivity index (χ3n) is 1.81. The summed E-state index contributed by atoms with van der Waals surface area (Å²) < 4.78 is 5.49. The molecule has 1 aromatic rings. The predicted octanol–water partition coefficient (Wildman–Crippen LogP) is 2.66. The molecule has 0 bridgehead atoms. The van der Waals surface area contributed by atoms with E-state index in [1.807, 2.05) is 30.3 Å². The summed E-state index contributed by atoms with van der Waals surface area (Å²) in [5, 5.41) is -0.0706. The van der Waals surface area contributed by atoms with Crippen molar-refractivity contribution in [3.63, 3.8) is 0 Å². The lowest BCUT2D eigenvalue weighted by atomic mass is 10.3. The molecule has 0 spiro atoms. The summed E-state index contributed by atoms with van der Waals surface area (Å²) in [5.41, 5.74) is 0. The molecule has 1 fully saturated rings. The number of hydrogen-bond acceptors (Lipinski definition) is 1. The second-order valence-corrected chi connectivity index (χ2v) is 3.79. The first-order valence-corrected chi connectivity index (χ1v) is 4.66. The SMILES string of the molecule is ClC1C(Cl)C1Oc1ccccc1. The number of hydrogen-bond donors (Lipinski definition) is 0. The summed E-state index contributed by atoms with van der Waals surface area (Å²) in [7, 11) is 0. The Balaban J connectivity index is 1.97. The van der Waals surface area contributed by atoms with E-state index in [1.54, 1.807) is 0 Å². The van der Waals surface area contributed by atoms with Gasteiger partial charge in [0.05, 0.1) is 10.8 Å². The molecule has 64 valence electrons. The molecule has 12 heavy (non-hydrogen) atoms. The van der Waals surface area contributed by atoms with E-state index in [0.717, 1.165) is 5.75 Å². The Morgan fingerprint density at radius 1 is 1.00 bits per heavy atom. The van der Waals surface area contributed by atoms with Crippen LogP contribution in [0.1, 0.15) is 0 Å². The highest BCUT2D eigenvalue weighted by Gasteiger charge is 2.50. The van der Waals surface area contributed by atoms with Crippen LogP contribution in [0.15, 0.2) is 30.3 Å². The standard InChI is InChI=1S/C9H8Cl2O/c10-7-8(11)9(7)12-6-4-2-1-3-5-6/h1-5,7-9H. The normalized spacial score (nSPS) is 33.0. The van der Waals surface area contributed by atoms with E-state index < -0.39 is 0 Å². The second-order valence-electron chi connectivity index (χ2n) is 2.78. The van der Waals surface area contributed by atoms with Crippen LogP contribution >= 0.6 is 23.2 Å². The average Bonchev–Trinajstić information content (AvgIpc) is 2.65. The molecule has 2 rings (SSSR count). The Labute approximate surface area is 81.2 Å². The molecule has 1 aliphatic carbocycles. The summed E-state index contributed by atoms with van der Waals surface area (Å²) in [6.45, 7) is 0. The topological polar surface area (TPSA) is 9.23 Å². The van der Waals surface area contributed by atoms with Gasteiger partial charge in [-0.1, -0.05) is 18.2 Å². The minimum Gasteiger partial charge on any atom is -0.487 e. The minimum atomic E-state index is -0.0353. The van der Waals surface area contributed by atoms with Gasteiger partial charge in [0.1, 0.15) is 11.9 Å². The molecule has 3 heteroatoms. The Bertz CT molecular complexity index is 254. The molecule has 0 radical (unpaired) electrons. The molecule has 0 N–H and O–H groups in total. The fourth-order valence-electron chi connectivity index (χ4n) is 1.00. The number of rotatable bonds is 2. The van der Waals surface area contributed by atoms with E-state index in [2.05, 4.69) is 0 Å². The van der Waals surface area contributed by atoms with Gasteiger partial charge in [-0.25, -0.2) is 0 Å². The second kappa shape index (κ2) is 3.15. The van der Waals surface area contributed by atoms with Crippen LogP contribution < -0.4 is 4.74 Å². The number of alkyl halides is 2. The summed E-state index contributed by atoms with van der Waals surface area (Å²) in [4.78, 5) is 0. The van der Waals surface area contributed by atoms with Crippen LogP contribution in [0, 0.1) is 0 Å². The van der Waals surface area contributed by atoms with Crippen LogP contribution in [0.5, 0.6) is 5.75 Å². The third-order valence-corrected chi connectivity index (χ3v) is 2.98. The van der Waals surface area contributed by atoms with Gasteiger partial charge in [-0.05, 0) is 12.1 Å². The summed E-state index contributed by atoms with van der Waals surface area (Å²) in [6, 6.07) is 9.57. The quantitative estimate of drug-likeness (QED) is 0.671. The molecule has 0 aromatic heterocycles. The number of benzene rings is 1. The van der Waals surface area contributed by atoms with Crippen molar-refractivity contribution >= 4 is 23.2 Å². The van der Waals surface area contributed by atoms with E-state index >= 15 is 0 Å². The molecule has 2 atom stereocenters. The summed E-state index contributed by atoms with van der Waals surface area (Å²) in [6.07, 6.45) is -0.0178. The lowest BCUT2D eigenvalue weighted by Crippen LogP contribution is -2.00. The maximum atomic E-state index is 5.80. The van der Waals surface area contributed by atoms with E-state index in [9.17, 15) is 0 Å². The monoisotopic (exact) mass is 202 g/mol. The van der Waals surface area contributed by atoms with Gasteiger partial charge in [0, 0.05) is 0 Å². The van der Waals surface area contributed by atoms with E-state index in [0.29, 0.717) is 0 Å².